The zero-order valence-electron chi connectivity index (χ0n) is 18.1. The fourth-order valence-electron chi connectivity index (χ4n) is 6.17. The standard InChI is InChI=1S/C22H35N5O4/c23-17(12-4-2-1-3-5-12)22(31)27-15-7-6-13(10-15)18(27)21(30)26-16(19(24)28)11-14-8-9-25-20(14)29/h12-18H,1-11,23H2,(H2,24,28)(H,25,29)(H,26,30)/t13-,14-,15+,16-,17-,18-/m0/s1. The summed E-state index contributed by atoms with van der Waals surface area (Å²) in [7, 11) is 0. The van der Waals surface area contributed by atoms with Crippen molar-refractivity contribution in [3.8, 4) is 0 Å². The maximum atomic E-state index is 13.4. The van der Waals surface area contributed by atoms with Crippen LogP contribution in [0.5, 0.6) is 0 Å². The van der Waals surface area contributed by atoms with Gasteiger partial charge in [0.25, 0.3) is 0 Å². The van der Waals surface area contributed by atoms with Crippen molar-refractivity contribution < 1.29 is 19.2 Å². The molecule has 9 nitrogen and oxygen atoms in total. The molecule has 2 heterocycles. The van der Waals surface area contributed by atoms with Crippen LogP contribution in [-0.4, -0.2) is 59.2 Å². The summed E-state index contributed by atoms with van der Waals surface area (Å²) < 4.78 is 0. The number of nitrogens with two attached hydrogens (primary N) is 2. The molecule has 0 aromatic carbocycles. The molecule has 4 aliphatic rings. The first-order chi connectivity index (χ1) is 14.9. The van der Waals surface area contributed by atoms with Gasteiger partial charge in [-0.2, -0.15) is 0 Å². The summed E-state index contributed by atoms with van der Waals surface area (Å²) in [5.41, 5.74) is 11.9. The number of fused-ring (bicyclic) bond motifs is 2. The second kappa shape index (κ2) is 9.14. The van der Waals surface area contributed by atoms with Crippen LogP contribution >= 0.6 is 0 Å². The molecule has 0 unspecified atom stereocenters. The topological polar surface area (TPSA) is 148 Å². The number of carbonyl (C=O) groups excluding carboxylic acids is 4. The molecule has 9 heteroatoms. The lowest BCUT2D eigenvalue weighted by atomic mass is 9.83. The van der Waals surface area contributed by atoms with Gasteiger partial charge in [-0.15, -0.1) is 0 Å². The highest BCUT2D eigenvalue weighted by Gasteiger charge is 2.53. The van der Waals surface area contributed by atoms with Gasteiger partial charge < -0.3 is 27.0 Å². The summed E-state index contributed by atoms with van der Waals surface area (Å²) in [6.07, 6.45) is 8.66. The molecule has 4 amide bonds. The van der Waals surface area contributed by atoms with E-state index in [1.807, 2.05) is 0 Å². The van der Waals surface area contributed by atoms with Crippen LogP contribution in [0.4, 0.5) is 0 Å². The van der Waals surface area contributed by atoms with E-state index in [9.17, 15) is 19.2 Å². The lowest BCUT2D eigenvalue weighted by Crippen LogP contribution is -2.60. The van der Waals surface area contributed by atoms with Crippen LogP contribution in [-0.2, 0) is 19.2 Å². The number of carbonyl (C=O) groups is 4. The van der Waals surface area contributed by atoms with Gasteiger partial charge in [0.15, 0.2) is 0 Å². The SMILES string of the molecule is NC(=O)[C@H](C[C@@H]1CCNC1=O)NC(=O)[C@@H]1[C@H]2CC[C@H](C2)N1C(=O)[C@@H](N)C1CCCCC1. The molecule has 2 saturated carbocycles. The van der Waals surface area contributed by atoms with E-state index in [0.717, 1.165) is 44.9 Å². The highest BCUT2D eigenvalue weighted by atomic mass is 16.2. The Morgan fingerprint density at radius 3 is 2.48 bits per heavy atom. The van der Waals surface area contributed by atoms with Crippen LogP contribution in [0.3, 0.4) is 0 Å². The number of nitrogens with one attached hydrogen (secondary N) is 2. The summed E-state index contributed by atoms with van der Waals surface area (Å²) in [6.45, 7) is 0.566. The van der Waals surface area contributed by atoms with Crippen molar-refractivity contribution in [1.29, 1.82) is 0 Å². The molecule has 31 heavy (non-hydrogen) atoms. The van der Waals surface area contributed by atoms with Crippen LogP contribution in [0, 0.1) is 17.8 Å². The molecular formula is C22H35N5O4. The Labute approximate surface area is 183 Å². The van der Waals surface area contributed by atoms with Crippen LogP contribution in [0.15, 0.2) is 0 Å². The van der Waals surface area contributed by atoms with Crippen LogP contribution in [0.2, 0.25) is 0 Å². The molecule has 2 bridgehead atoms. The van der Waals surface area contributed by atoms with Crippen molar-refractivity contribution in [2.24, 2.45) is 29.2 Å². The molecule has 0 spiro atoms. The van der Waals surface area contributed by atoms with Gasteiger partial charge in [0.2, 0.25) is 23.6 Å². The summed E-state index contributed by atoms with van der Waals surface area (Å²) in [4.78, 5) is 52.3. The predicted octanol–water partition coefficient (Wildman–Crippen LogP) is -0.230. The third-order valence-corrected chi connectivity index (χ3v) is 7.89. The van der Waals surface area contributed by atoms with E-state index in [-0.39, 0.29) is 47.9 Å². The zero-order chi connectivity index (χ0) is 22.1. The largest absolute Gasteiger partial charge is 0.368 e. The highest BCUT2D eigenvalue weighted by molar-refractivity contribution is 5.94. The Morgan fingerprint density at radius 1 is 1.10 bits per heavy atom. The van der Waals surface area contributed by atoms with Gasteiger partial charge in [-0.25, -0.2) is 0 Å². The van der Waals surface area contributed by atoms with Crippen molar-refractivity contribution >= 4 is 23.6 Å². The summed E-state index contributed by atoms with van der Waals surface area (Å²) in [6, 6.07) is -2.08. The highest BCUT2D eigenvalue weighted by Crippen LogP contribution is 2.43. The number of primary amides is 1. The average Bonchev–Trinajstić information content (AvgIpc) is 3.49. The second-order valence-electron chi connectivity index (χ2n) is 9.82. The third kappa shape index (κ3) is 4.42. The monoisotopic (exact) mass is 433 g/mol. The number of hydrogen-bond acceptors (Lipinski definition) is 5. The molecule has 6 atom stereocenters. The Balaban J connectivity index is 1.45. The van der Waals surface area contributed by atoms with E-state index < -0.39 is 24.0 Å². The van der Waals surface area contributed by atoms with Gasteiger partial charge in [-0.3, -0.25) is 19.2 Å². The van der Waals surface area contributed by atoms with E-state index >= 15 is 0 Å². The average molecular weight is 434 g/mol. The minimum absolute atomic E-state index is 0.0375. The number of rotatable bonds is 7. The van der Waals surface area contributed by atoms with E-state index in [4.69, 9.17) is 11.5 Å². The smallest absolute Gasteiger partial charge is 0.243 e. The first kappa shape index (κ1) is 22.0. The molecule has 2 aliphatic carbocycles. The predicted molar refractivity (Wildman–Crippen MR) is 113 cm³/mol. The van der Waals surface area contributed by atoms with Crippen LogP contribution < -0.4 is 22.1 Å². The number of piperidine rings is 1. The molecule has 6 N–H and O–H groups in total. The Bertz CT molecular complexity index is 737. The quantitative estimate of drug-likeness (QED) is 0.438. The van der Waals surface area contributed by atoms with E-state index in [0.29, 0.717) is 13.0 Å². The van der Waals surface area contributed by atoms with Crippen molar-refractivity contribution in [1.82, 2.24) is 15.5 Å². The lowest BCUT2D eigenvalue weighted by Gasteiger charge is -2.38. The summed E-state index contributed by atoms with van der Waals surface area (Å²) >= 11 is 0. The molecule has 4 fully saturated rings. The molecule has 2 aliphatic heterocycles. The molecule has 2 saturated heterocycles. The summed E-state index contributed by atoms with van der Waals surface area (Å²) in [5, 5.41) is 5.51. The van der Waals surface area contributed by atoms with Crippen molar-refractivity contribution in [2.45, 2.75) is 88.4 Å². The fourth-order valence-corrected chi connectivity index (χ4v) is 6.17. The van der Waals surface area contributed by atoms with Crippen LogP contribution in [0.1, 0.15) is 64.2 Å². The molecule has 4 rings (SSSR count). The Kier molecular flexibility index (Phi) is 6.50. The van der Waals surface area contributed by atoms with E-state index in [2.05, 4.69) is 10.6 Å². The normalized spacial score (nSPS) is 32.5. The van der Waals surface area contributed by atoms with Gasteiger partial charge in [0.1, 0.15) is 12.1 Å². The van der Waals surface area contributed by atoms with Gasteiger partial charge in [0.05, 0.1) is 6.04 Å². The molecule has 0 aromatic heterocycles. The first-order valence-corrected chi connectivity index (χ1v) is 11.8. The van der Waals surface area contributed by atoms with Gasteiger partial charge in [-0.1, -0.05) is 19.3 Å². The van der Waals surface area contributed by atoms with Crippen LogP contribution in [0.25, 0.3) is 0 Å². The Hall–Kier alpha value is -2.16. The van der Waals surface area contributed by atoms with E-state index in [1.54, 1.807) is 4.90 Å². The molecule has 0 aromatic rings. The molecule has 0 radical (unpaired) electrons. The van der Waals surface area contributed by atoms with Crippen molar-refractivity contribution in [2.75, 3.05) is 6.54 Å². The number of hydrogen-bond donors (Lipinski definition) is 4. The number of likely N-dealkylation sites (tertiary alicyclic amines) is 1. The van der Waals surface area contributed by atoms with E-state index in [1.165, 1.54) is 6.42 Å². The minimum atomic E-state index is -0.926. The minimum Gasteiger partial charge on any atom is -0.368 e. The number of nitrogens with zero attached hydrogens (tertiary/aromatic N) is 1. The molecular weight excluding hydrogens is 398 g/mol. The maximum Gasteiger partial charge on any atom is 0.243 e. The Morgan fingerprint density at radius 2 is 1.84 bits per heavy atom. The van der Waals surface area contributed by atoms with Gasteiger partial charge >= 0.3 is 0 Å². The summed E-state index contributed by atoms with van der Waals surface area (Å²) in [5.74, 6) is -1.35. The van der Waals surface area contributed by atoms with Gasteiger partial charge in [-0.05, 0) is 56.8 Å². The van der Waals surface area contributed by atoms with Gasteiger partial charge in [0, 0.05) is 18.5 Å². The first-order valence-electron chi connectivity index (χ1n) is 11.8. The third-order valence-electron chi connectivity index (χ3n) is 7.89. The van der Waals surface area contributed by atoms with Crippen molar-refractivity contribution in [3.63, 3.8) is 0 Å². The lowest BCUT2D eigenvalue weighted by molar-refractivity contribution is -0.145. The second-order valence-corrected chi connectivity index (χ2v) is 9.82. The molecule has 172 valence electrons. The zero-order valence-corrected chi connectivity index (χ0v) is 18.1. The maximum absolute atomic E-state index is 13.4. The fraction of sp³-hybridized carbons (Fsp3) is 0.818. The van der Waals surface area contributed by atoms with Crippen molar-refractivity contribution in [3.05, 3.63) is 0 Å². The number of amides is 4.